The van der Waals surface area contributed by atoms with Crippen molar-refractivity contribution in [3.05, 3.63) is 58.1 Å². The maximum absolute atomic E-state index is 12.1. The van der Waals surface area contributed by atoms with Crippen LogP contribution in [0.2, 0.25) is 10.0 Å². The van der Waals surface area contributed by atoms with Gasteiger partial charge in [0.2, 0.25) is 5.91 Å². The molecule has 0 heterocycles. The van der Waals surface area contributed by atoms with Crippen LogP contribution in [0.4, 0.5) is 5.69 Å². The van der Waals surface area contributed by atoms with Crippen molar-refractivity contribution < 1.29 is 19.1 Å². The molecular formula is C25H25Cl2NO4. The molecule has 168 valence electrons. The Morgan fingerprint density at radius 1 is 1.03 bits per heavy atom. The van der Waals surface area contributed by atoms with Gasteiger partial charge in [0.1, 0.15) is 12.2 Å². The molecule has 7 heteroatoms. The number of carbonyl (C=O) groups is 2. The maximum Gasteiger partial charge on any atom is 0.315 e. The van der Waals surface area contributed by atoms with Gasteiger partial charge in [0.15, 0.2) is 0 Å². The van der Waals surface area contributed by atoms with E-state index in [-0.39, 0.29) is 18.9 Å². The molecule has 0 saturated heterocycles. The number of ether oxygens (including phenoxy) is 2. The van der Waals surface area contributed by atoms with Crippen molar-refractivity contribution in [2.45, 2.75) is 33.1 Å². The number of esters is 1. The second-order valence-corrected chi connectivity index (χ2v) is 8.40. The molecule has 32 heavy (non-hydrogen) atoms. The molecule has 3 aromatic rings. The minimum atomic E-state index is -0.592. The smallest absolute Gasteiger partial charge is 0.315 e. The summed E-state index contributed by atoms with van der Waals surface area (Å²) in [5.41, 5.74) is 3.07. The highest BCUT2D eigenvalue weighted by atomic mass is 35.5. The summed E-state index contributed by atoms with van der Waals surface area (Å²) < 4.78 is 10.4. The van der Waals surface area contributed by atoms with Crippen molar-refractivity contribution >= 4 is 51.5 Å². The Labute approximate surface area is 197 Å². The average molecular weight is 474 g/mol. The van der Waals surface area contributed by atoms with E-state index in [1.807, 2.05) is 24.3 Å². The highest BCUT2D eigenvalue weighted by Crippen LogP contribution is 2.43. The SMILES string of the molecule is CCOC(=O)CC(=O)Nc1cc(Cl)c(-c2cccc3c(C(C)C)c(OC)ccc23)c(Cl)c1. The van der Waals surface area contributed by atoms with Crippen molar-refractivity contribution in [2.24, 2.45) is 0 Å². The van der Waals surface area contributed by atoms with Gasteiger partial charge in [-0.05, 0) is 47.4 Å². The van der Waals surface area contributed by atoms with E-state index >= 15 is 0 Å². The van der Waals surface area contributed by atoms with Crippen LogP contribution in [0.3, 0.4) is 0 Å². The Morgan fingerprint density at radius 3 is 2.31 bits per heavy atom. The summed E-state index contributed by atoms with van der Waals surface area (Å²) in [4.78, 5) is 23.6. The van der Waals surface area contributed by atoms with Gasteiger partial charge in [0, 0.05) is 16.8 Å². The molecule has 0 aliphatic carbocycles. The first kappa shape index (κ1) is 23.9. The molecule has 0 bridgehead atoms. The highest BCUT2D eigenvalue weighted by molar-refractivity contribution is 6.40. The number of carbonyl (C=O) groups excluding carboxylic acids is 2. The number of methoxy groups -OCH3 is 1. The topological polar surface area (TPSA) is 64.6 Å². The first-order valence-corrected chi connectivity index (χ1v) is 11.1. The van der Waals surface area contributed by atoms with Crippen LogP contribution < -0.4 is 10.1 Å². The Morgan fingerprint density at radius 2 is 1.72 bits per heavy atom. The number of amides is 1. The summed E-state index contributed by atoms with van der Waals surface area (Å²) in [7, 11) is 1.67. The lowest BCUT2D eigenvalue weighted by Gasteiger charge is -2.18. The number of anilines is 1. The second kappa shape index (κ2) is 10.2. The van der Waals surface area contributed by atoms with Crippen LogP contribution in [-0.2, 0) is 14.3 Å². The largest absolute Gasteiger partial charge is 0.496 e. The Hall–Kier alpha value is -2.76. The number of fused-ring (bicyclic) bond motifs is 1. The second-order valence-electron chi connectivity index (χ2n) is 7.58. The molecule has 1 N–H and O–H groups in total. The number of rotatable bonds is 7. The van der Waals surface area contributed by atoms with Crippen LogP contribution in [0.1, 0.15) is 38.7 Å². The normalized spacial score (nSPS) is 11.0. The molecule has 3 rings (SSSR count). The fourth-order valence-electron chi connectivity index (χ4n) is 3.80. The molecule has 0 atom stereocenters. The zero-order valence-electron chi connectivity index (χ0n) is 18.4. The Bertz CT molecular complexity index is 1150. The zero-order chi connectivity index (χ0) is 23.4. The molecule has 5 nitrogen and oxygen atoms in total. The fraction of sp³-hybridized carbons (Fsp3) is 0.280. The van der Waals surface area contributed by atoms with E-state index in [0.29, 0.717) is 21.3 Å². The third kappa shape index (κ3) is 5.00. The van der Waals surface area contributed by atoms with E-state index in [4.69, 9.17) is 32.7 Å². The molecule has 0 spiro atoms. The van der Waals surface area contributed by atoms with E-state index in [9.17, 15) is 9.59 Å². The molecule has 0 fully saturated rings. The number of nitrogens with one attached hydrogen (secondary N) is 1. The van der Waals surface area contributed by atoms with Crippen LogP contribution in [0.5, 0.6) is 5.75 Å². The fourth-order valence-corrected chi connectivity index (χ4v) is 4.49. The van der Waals surface area contributed by atoms with Gasteiger partial charge >= 0.3 is 5.97 Å². The predicted octanol–water partition coefficient (Wildman–Crippen LogP) is 6.84. The summed E-state index contributed by atoms with van der Waals surface area (Å²) in [6, 6.07) is 13.2. The van der Waals surface area contributed by atoms with Crippen LogP contribution in [0, 0.1) is 0 Å². The van der Waals surface area contributed by atoms with E-state index in [2.05, 4.69) is 25.2 Å². The molecule has 0 aromatic heterocycles. The lowest BCUT2D eigenvalue weighted by Crippen LogP contribution is -2.18. The van der Waals surface area contributed by atoms with E-state index in [1.165, 1.54) is 0 Å². The number of halogens is 2. The molecule has 3 aromatic carbocycles. The van der Waals surface area contributed by atoms with Crippen LogP contribution >= 0.6 is 23.2 Å². The van der Waals surface area contributed by atoms with Gasteiger partial charge in [-0.2, -0.15) is 0 Å². The molecule has 0 saturated carbocycles. The predicted molar refractivity (Wildman–Crippen MR) is 130 cm³/mol. The van der Waals surface area contributed by atoms with Crippen molar-refractivity contribution in [2.75, 3.05) is 19.0 Å². The number of benzene rings is 3. The summed E-state index contributed by atoms with van der Waals surface area (Å²) in [6.45, 7) is 6.14. The van der Waals surface area contributed by atoms with Gasteiger partial charge in [-0.1, -0.05) is 61.3 Å². The third-order valence-corrected chi connectivity index (χ3v) is 5.66. The minimum absolute atomic E-state index is 0.216. The number of hydrogen-bond donors (Lipinski definition) is 1. The lowest BCUT2D eigenvalue weighted by molar-refractivity contribution is -0.145. The average Bonchev–Trinajstić information content (AvgIpc) is 2.72. The van der Waals surface area contributed by atoms with Gasteiger partial charge in [0.25, 0.3) is 0 Å². The Balaban J connectivity index is 2.03. The van der Waals surface area contributed by atoms with Gasteiger partial charge in [-0.3, -0.25) is 9.59 Å². The van der Waals surface area contributed by atoms with Gasteiger partial charge < -0.3 is 14.8 Å². The third-order valence-electron chi connectivity index (χ3n) is 5.07. The van der Waals surface area contributed by atoms with Gasteiger partial charge in [0.05, 0.1) is 23.8 Å². The molecule has 0 unspecified atom stereocenters. The van der Waals surface area contributed by atoms with Crippen molar-refractivity contribution in [3.8, 4) is 16.9 Å². The van der Waals surface area contributed by atoms with Crippen LogP contribution in [0.15, 0.2) is 42.5 Å². The summed E-state index contributed by atoms with van der Waals surface area (Å²) >= 11 is 13.2. The minimum Gasteiger partial charge on any atom is -0.496 e. The van der Waals surface area contributed by atoms with Crippen molar-refractivity contribution in [1.82, 2.24) is 0 Å². The first-order valence-electron chi connectivity index (χ1n) is 10.3. The van der Waals surface area contributed by atoms with Crippen molar-refractivity contribution in [3.63, 3.8) is 0 Å². The summed E-state index contributed by atoms with van der Waals surface area (Å²) in [5.74, 6) is 0.00135. The molecule has 0 aliphatic heterocycles. The summed E-state index contributed by atoms with van der Waals surface area (Å²) in [6.07, 6.45) is -0.381. The van der Waals surface area contributed by atoms with Crippen LogP contribution in [0.25, 0.3) is 21.9 Å². The highest BCUT2D eigenvalue weighted by Gasteiger charge is 2.18. The van der Waals surface area contributed by atoms with E-state index < -0.39 is 11.9 Å². The monoisotopic (exact) mass is 473 g/mol. The van der Waals surface area contributed by atoms with E-state index in [0.717, 1.165) is 27.6 Å². The van der Waals surface area contributed by atoms with Crippen molar-refractivity contribution in [1.29, 1.82) is 0 Å². The number of hydrogen-bond acceptors (Lipinski definition) is 4. The summed E-state index contributed by atoms with van der Waals surface area (Å²) in [5, 5.41) is 5.48. The van der Waals surface area contributed by atoms with Gasteiger partial charge in [-0.15, -0.1) is 0 Å². The molecule has 0 radical (unpaired) electrons. The first-order chi connectivity index (χ1) is 15.3. The van der Waals surface area contributed by atoms with Gasteiger partial charge in [-0.25, -0.2) is 0 Å². The molecule has 1 amide bonds. The van der Waals surface area contributed by atoms with Crippen LogP contribution in [-0.4, -0.2) is 25.6 Å². The maximum atomic E-state index is 12.1. The van der Waals surface area contributed by atoms with E-state index in [1.54, 1.807) is 26.2 Å². The zero-order valence-corrected chi connectivity index (χ0v) is 19.9. The molecule has 0 aliphatic rings. The Kier molecular flexibility index (Phi) is 7.64. The quantitative estimate of drug-likeness (QED) is 0.301. The molecular weight excluding hydrogens is 449 g/mol. The standard InChI is InChI=1S/C25H25Cl2NO4/c1-5-32-23(30)13-22(29)28-15-11-19(26)25(20(27)12-15)18-8-6-7-17-16(18)9-10-21(31-4)24(17)14(2)3/h6-12,14H,5,13H2,1-4H3,(H,28,29). The lowest BCUT2D eigenvalue weighted by atomic mass is 9.90.